The Morgan fingerprint density at radius 1 is 1.04 bits per heavy atom. The Bertz CT molecular complexity index is 1060. The number of nitrogens with zero attached hydrogens (tertiary/aromatic N) is 1. The molecule has 5 heteroatoms. The zero-order valence-corrected chi connectivity index (χ0v) is 13.9. The van der Waals surface area contributed by atoms with Gasteiger partial charge in [0.2, 0.25) is 0 Å². The van der Waals surface area contributed by atoms with Gasteiger partial charge in [-0.2, -0.15) is 0 Å². The van der Waals surface area contributed by atoms with Crippen LogP contribution in [0.1, 0.15) is 15.9 Å². The van der Waals surface area contributed by atoms with Crippen molar-refractivity contribution in [3.63, 3.8) is 0 Å². The molecule has 0 amide bonds. The van der Waals surface area contributed by atoms with Gasteiger partial charge in [0.15, 0.2) is 11.6 Å². The van der Waals surface area contributed by atoms with Gasteiger partial charge in [-0.15, -0.1) is 0 Å². The Labute approximate surface area is 144 Å². The number of fused-ring (bicyclic) bond motifs is 1. The van der Waals surface area contributed by atoms with Crippen LogP contribution in [0.15, 0.2) is 59.0 Å². The van der Waals surface area contributed by atoms with Crippen molar-refractivity contribution in [3.05, 3.63) is 65.7 Å². The topological polar surface area (TPSA) is 68.1 Å². The van der Waals surface area contributed by atoms with Gasteiger partial charge < -0.3 is 14.1 Å². The van der Waals surface area contributed by atoms with Crippen LogP contribution in [0, 0.1) is 6.92 Å². The van der Waals surface area contributed by atoms with E-state index < -0.39 is 0 Å². The fourth-order valence-corrected chi connectivity index (χ4v) is 2.74. The molecule has 1 N–H and O–H groups in total. The molecule has 0 aliphatic heterocycles. The fourth-order valence-electron chi connectivity index (χ4n) is 2.74. The predicted octanol–water partition coefficient (Wildman–Crippen LogP) is 4.58. The summed E-state index contributed by atoms with van der Waals surface area (Å²) in [5.74, 6) is 1.71. The molecule has 0 saturated carbocycles. The van der Waals surface area contributed by atoms with Gasteiger partial charge >= 0.3 is 5.97 Å². The molecule has 0 fully saturated rings. The standard InChI is InChI=1S/C20H16N2O3/c1-12-3-8-15-16(11-12)22-19(21-15)18-10-9-17(25-18)13-4-6-14(7-5-13)20(23)24-2/h3-11H,1-2H3,(H,21,22). The molecule has 2 aromatic carbocycles. The van der Waals surface area contributed by atoms with Gasteiger partial charge in [-0.05, 0) is 48.9 Å². The highest BCUT2D eigenvalue weighted by Gasteiger charge is 2.12. The number of imidazole rings is 1. The van der Waals surface area contributed by atoms with Crippen molar-refractivity contribution >= 4 is 17.0 Å². The lowest BCUT2D eigenvalue weighted by atomic mass is 10.1. The summed E-state index contributed by atoms with van der Waals surface area (Å²) in [5.41, 5.74) is 4.43. The quantitative estimate of drug-likeness (QED) is 0.557. The van der Waals surface area contributed by atoms with E-state index >= 15 is 0 Å². The summed E-state index contributed by atoms with van der Waals surface area (Å²) in [6.45, 7) is 2.04. The molecular formula is C20H16N2O3. The minimum absolute atomic E-state index is 0.357. The van der Waals surface area contributed by atoms with E-state index in [1.165, 1.54) is 7.11 Å². The molecule has 0 saturated heterocycles. The van der Waals surface area contributed by atoms with E-state index in [4.69, 9.17) is 9.15 Å². The van der Waals surface area contributed by atoms with E-state index in [9.17, 15) is 4.79 Å². The molecule has 0 radical (unpaired) electrons. The number of hydrogen-bond donors (Lipinski definition) is 1. The molecule has 0 spiro atoms. The van der Waals surface area contributed by atoms with Crippen molar-refractivity contribution in [3.8, 4) is 22.9 Å². The normalized spacial score (nSPS) is 11.0. The van der Waals surface area contributed by atoms with E-state index in [1.807, 2.05) is 49.4 Å². The summed E-state index contributed by atoms with van der Waals surface area (Å²) in [6, 6.07) is 16.9. The van der Waals surface area contributed by atoms with Gasteiger partial charge in [0.1, 0.15) is 5.76 Å². The lowest BCUT2D eigenvalue weighted by Crippen LogP contribution is -2.00. The minimum Gasteiger partial charge on any atom is -0.465 e. The predicted molar refractivity (Wildman–Crippen MR) is 95.3 cm³/mol. The van der Waals surface area contributed by atoms with Crippen LogP contribution >= 0.6 is 0 Å². The molecule has 4 aromatic rings. The van der Waals surface area contributed by atoms with Crippen LogP contribution in [0.3, 0.4) is 0 Å². The first-order valence-corrected chi connectivity index (χ1v) is 7.89. The second-order valence-electron chi connectivity index (χ2n) is 5.84. The van der Waals surface area contributed by atoms with Crippen LogP contribution < -0.4 is 0 Å². The van der Waals surface area contributed by atoms with E-state index in [0.717, 1.165) is 22.2 Å². The number of H-pyrrole nitrogens is 1. The highest BCUT2D eigenvalue weighted by atomic mass is 16.5. The van der Waals surface area contributed by atoms with Gasteiger partial charge in [0.25, 0.3) is 0 Å². The summed E-state index contributed by atoms with van der Waals surface area (Å²) >= 11 is 0. The average Bonchev–Trinajstić information content (AvgIpc) is 3.27. The number of esters is 1. The molecule has 4 rings (SSSR count). The number of aromatic amines is 1. The van der Waals surface area contributed by atoms with Crippen LogP contribution in [0.5, 0.6) is 0 Å². The summed E-state index contributed by atoms with van der Waals surface area (Å²) < 4.78 is 10.6. The molecule has 0 bridgehead atoms. The molecule has 25 heavy (non-hydrogen) atoms. The third-order valence-electron chi connectivity index (χ3n) is 4.07. The fraction of sp³-hybridized carbons (Fsp3) is 0.100. The van der Waals surface area contributed by atoms with Crippen LogP contribution in [0.2, 0.25) is 0 Å². The number of aryl methyl sites for hydroxylation is 1. The van der Waals surface area contributed by atoms with E-state index in [1.54, 1.807) is 12.1 Å². The molecule has 2 heterocycles. The zero-order valence-electron chi connectivity index (χ0n) is 13.9. The summed E-state index contributed by atoms with van der Waals surface area (Å²) in [4.78, 5) is 19.4. The van der Waals surface area contributed by atoms with Crippen molar-refractivity contribution in [1.29, 1.82) is 0 Å². The number of rotatable bonds is 3. The van der Waals surface area contributed by atoms with Gasteiger partial charge in [-0.1, -0.05) is 18.2 Å². The van der Waals surface area contributed by atoms with Crippen LogP contribution in [0.25, 0.3) is 33.9 Å². The van der Waals surface area contributed by atoms with Gasteiger partial charge in [0.05, 0.1) is 23.7 Å². The van der Waals surface area contributed by atoms with Gasteiger partial charge in [-0.25, -0.2) is 9.78 Å². The second-order valence-corrected chi connectivity index (χ2v) is 5.84. The van der Waals surface area contributed by atoms with Gasteiger partial charge in [0, 0.05) is 5.56 Å². The monoisotopic (exact) mass is 332 g/mol. The Morgan fingerprint density at radius 2 is 1.80 bits per heavy atom. The van der Waals surface area contributed by atoms with Crippen molar-refractivity contribution in [2.24, 2.45) is 0 Å². The smallest absolute Gasteiger partial charge is 0.337 e. The first kappa shape index (κ1) is 15.2. The lowest BCUT2D eigenvalue weighted by molar-refractivity contribution is 0.0600. The number of nitrogens with one attached hydrogen (secondary N) is 1. The average molecular weight is 332 g/mol. The molecule has 124 valence electrons. The van der Waals surface area contributed by atoms with Crippen LogP contribution in [0.4, 0.5) is 0 Å². The number of methoxy groups -OCH3 is 1. The van der Waals surface area contributed by atoms with Crippen LogP contribution in [-0.2, 0) is 4.74 Å². The second kappa shape index (κ2) is 5.94. The number of ether oxygens (including phenoxy) is 1. The first-order valence-electron chi connectivity index (χ1n) is 7.89. The van der Waals surface area contributed by atoms with Crippen molar-refractivity contribution < 1.29 is 13.9 Å². The number of aromatic nitrogens is 2. The molecule has 0 atom stereocenters. The Balaban J connectivity index is 1.66. The summed E-state index contributed by atoms with van der Waals surface area (Å²) in [7, 11) is 1.36. The molecule has 0 aliphatic carbocycles. The number of furan rings is 1. The third-order valence-corrected chi connectivity index (χ3v) is 4.07. The lowest BCUT2D eigenvalue weighted by Gasteiger charge is -2.00. The first-order chi connectivity index (χ1) is 12.1. The SMILES string of the molecule is COC(=O)c1ccc(-c2ccc(-c3nc4cc(C)ccc4[nH]3)o2)cc1. The molecule has 2 aromatic heterocycles. The van der Waals surface area contributed by atoms with E-state index in [2.05, 4.69) is 9.97 Å². The number of hydrogen-bond acceptors (Lipinski definition) is 4. The third kappa shape index (κ3) is 2.80. The molecule has 0 aliphatic rings. The maximum absolute atomic E-state index is 11.5. The number of carbonyl (C=O) groups is 1. The maximum Gasteiger partial charge on any atom is 0.337 e. The molecule has 0 unspecified atom stereocenters. The van der Waals surface area contributed by atoms with E-state index in [0.29, 0.717) is 22.9 Å². The van der Waals surface area contributed by atoms with Gasteiger partial charge in [-0.3, -0.25) is 0 Å². The highest BCUT2D eigenvalue weighted by molar-refractivity contribution is 5.89. The summed E-state index contributed by atoms with van der Waals surface area (Å²) in [6.07, 6.45) is 0. The molecule has 5 nitrogen and oxygen atoms in total. The number of carbonyl (C=O) groups excluding carboxylic acids is 1. The zero-order chi connectivity index (χ0) is 17.4. The Kier molecular flexibility index (Phi) is 3.61. The molecular weight excluding hydrogens is 316 g/mol. The van der Waals surface area contributed by atoms with Crippen LogP contribution in [-0.4, -0.2) is 23.0 Å². The van der Waals surface area contributed by atoms with Crippen molar-refractivity contribution in [1.82, 2.24) is 9.97 Å². The number of benzene rings is 2. The van der Waals surface area contributed by atoms with E-state index in [-0.39, 0.29) is 5.97 Å². The van der Waals surface area contributed by atoms with Crippen molar-refractivity contribution in [2.45, 2.75) is 6.92 Å². The minimum atomic E-state index is -0.357. The Morgan fingerprint density at radius 3 is 2.56 bits per heavy atom. The summed E-state index contributed by atoms with van der Waals surface area (Å²) in [5, 5.41) is 0. The Hall–Kier alpha value is -3.34. The maximum atomic E-state index is 11.5. The van der Waals surface area contributed by atoms with Crippen molar-refractivity contribution in [2.75, 3.05) is 7.11 Å². The highest BCUT2D eigenvalue weighted by Crippen LogP contribution is 2.28. The largest absolute Gasteiger partial charge is 0.465 e.